The molecular weight excluding hydrogens is 300 g/mol. The van der Waals surface area contributed by atoms with Crippen LogP contribution >= 0.6 is 0 Å². The second-order valence-electron chi connectivity index (χ2n) is 7.41. The normalized spacial score (nSPS) is 24.5. The molecule has 1 aromatic rings. The molecule has 2 saturated carbocycles. The monoisotopic (exact) mass is 328 g/mol. The smallest absolute Gasteiger partial charge is 0.251 e. The first kappa shape index (κ1) is 17.0. The van der Waals surface area contributed by atoms with Crippen molar-refractivity contribution < 1.29 is 9.59 Å². The van der Waals surface area contributed by atoms with E-state index in [1.54, 1.807) is 6.07 Å². The van der Waals surface area contributed by atoms with Crippen LogP contribution in [0.2, 0.25) is 0 Å². The van der Waals surface area contributed by atoms with Gasteiger partial charge in [-0.05, 0) is 43.4 Å². The van der Waals surface area contributed by atoms with Crippen molar-refractivity contribution in [1.82, 2.24) is 5.32 Å². The van der Waals surface area contributed by atoms with E-state index in [0.29, 0.717) is 17.2 Å². The van der Waals surface area contributed by atoms with E-state index >= 15 is 0 Å². The Morgan fingerprint density at radius 1 is 1.04 bits per heavy atom. The van der Waals surface area contributed by atoms with Gasteiger partial charge in [-0.15, -0.1) is 0 Å². The van der Waals surface area contributed by atoms with Gasteiger partial charge in [0.05, 0.1) is 0 Å². The van der Waals surface area contributed by atoms with Gasteiger partial charge in [-0.1, -0.05) is 45.1 Å². The second-order valence-corrected chi connectivity index (χ2v) is 7.41. The topological polar surface area (TPSA) is 58.2 Å². The SMILES string of the molecule is C[C@@H]1C[C@@H]1C(=O)Nc1cccc(C(=O)NC2CCCCCCC2)c1. The fourth-order valence-corrected chi connectivity index (χ4v) is 3.53. The molecule has 2 atom stereocenters. The summed E-state index contributed by atoms with van der Waals surface area (Å²) in [5.74, 6) is 0.657. The van der Waals surface area contributed by atoms with E-state index in [9.17, 15) is 9.59 Å². The van der Waals surface area contributed by atoms with Crippen LogP contribution in [0, 0.1) is 11.8 Å². The van der Waals surface area contributed by atoms with Gasteiger partial charge < -0.3 is 10.6 Å². The Hall–Kier alpha value is -1.84. The van der Waals surface area contributed by atoms with E-state index in [-0.39, 0.29) is 23.8 Å². The van der Waals surface area contributed by atoms with Crippen molar-refractivity contribution in [3.63, 3.8) is 0 Å². The first-order chi connectivity index (χ1) is 11.6. The van der Waals surface area contributed by atoms with Crippen LogP contribution in [0.5, 0.6) is 0 Å². The first-order valence-corrected chi connectivity index (χ1v) is 9.35. The van der Waals surface area contributed by atoms with Crippen molar-refractivity contribution in [2.45, 2.75) is 64.3 Å². The van der Waals surface area contributed by atoms with Crippen molar-refractivity contribution in [3.05, 3.63) is 29.8 Å². The molecule has 2 aliphatic carbocycles. The summed E-state index contributed by atoms with van der Waals surface area (Å²) < 4.78 is 0. The number of rotatable bonds is 4. The molecule has 2 N–H and O–H groups in total. The molecule has 2 fully saturated rings. The van der Waals surface area contributed by atoms with Gasteiger partial charge in [0.1, 0.15) is 0 Å². The molecule has 2 aliphatic rings. The molecule has 0 aliphatic heterocycles. The molecule has 4 heteroatoms. The molecule has 0 spiro atoms. The molecule has 130 valence electrons. The lowest BCUT2D eigenvalue weighted by atomic mass is 9.96. The van der Waals surface area contributed by atoms with Gasteiger partial charge in [0.25, 0.3) is 5.91 Å². The predicted octanol–water partition coefficient (Wildman–Crippen LogP) is 4.12. The predicted molar refractivity (Wildman–Crippen MR) is 95.9 cm³/mol. The van der Waals surface area contributed by atoms with E-state index in [2.05, 4.69) is 17.6 Å². The van der Waals surface area contributed by atoms with Crippen LogP contribution in [0.3, 0.4) is 0 Å². The third-order valence-electron chi connectivity index (χ3n) is 5.28. The number of benzene rings is 1. The van der Waals surface area contributed by atoms with Gasteiger partial charge >= 0.3 is 0 Å². The summed E-state index contributed by atoms with van der Waals surface area (Å²) in [4.78, 5) is 24.6. The van der Waals surface area contributed by atoms with Crippen molar-refractivity contribution >= 4 is 17.5 Å². The number of anilines is 1. The summed E-state index contributed by atoms with van der Waals surface area (Å²) in [5.41, 5.74) is 1.34. The van der Waals surface area contributed by atoms with Crippen LogP contribution in [0.4, 0.5) is 5.69 Å². The minimum atomic E-state index is -0.0311. The summed E-state index contributed by atoms with van der Waals surface area (Å²) >= 11 is 0. The van der Waals surface area contributed by atoms with Crippen molar-refractivity contribution in [2.24, 2.45) is 11.8 Å². The van der Waals surface area contributed by atoms with Gasteiger partial charge in [0, 0.05) is 23.2 Å². The van der Waals surface area contributed by atoms with Gasteiger partial charge in [-0.3, -0.25) is 9.59 Å². The molecule has 3 rings (SSSR count). The highest BCUT2D eigenvalue weighted by Crippen LogP contribution is 2.38. The molecule has 0 heterocycles. The number of amides is 2. The van der Waals surface area contributed by atoms with E-state index in [1.165, 1.54) is 32.1 Å². The molecule has 4 nitrogen and oxygen atoms in total. The molecule has 2 amide bonds. The number of hydrogen-bond acceptors (Lipinski definition) is 2. The molecule has 1 aromatic carbocycles. The molecule has 24 heavy (non-hydrogen) atoms. The third kappa shape index (κ3) is 4.59. The maximum absolute atomic E-state index is 12.5. The fourth-order valence-electron chi connectivity index (χ4n) is 3.53. The Morgan fingerprint density at radius 2 is 1.71 bits per heavy atom. The van der Waals surface area contributed by atoms with Crippen LogP contribution in [0.1, 0.15) is 68.6 Å². The standard InChI is InChI=1S/C20H28N2O2/c1-14-12-18(14)20(24)22-17-11-7-8-15(13-17)19(23)21-16-9-5-3-2-4-6-10-16/h7-8,11,13-14,16,18H,2-6,9-10,12H2,1H3,(H,21,23)(H,22,24)/t14-,18+/m1/s1. The van der Waals surface area contributed by atoms with E-state index < -0.39 is 0 Å². The van der Waals surface area contributed by atoms with Crippen LogP contribution < -0.4 is 10.6 Å². The second kappa shape index (κ2) is 7.82. The fraction of sp³-hybridized carbons (Fsp3) is 0.600. The maximum Gasteiger partial charge on any atom is 0.251 e. The lowest BCUT2D eigenvalue weighted by Gasteiger charge is -2.21. The number of carbonyl (C=O) groups excluding carboxylic acids is 2. The van der Waals surface area contributed by atoms with Gasteiger partial charge in [0.15, 0.2) is 0 Å². The number of hydrogen-bond donors (Lipinski definition) is 2. The molecule has 0 saturated heterocycles. The zero-order valence-electron chi connectivity index (χ0n) is 14.5. The zero-order chi connectivity index (χ0) is 16.9. The van der Waals surface area contributed by atoms with Crippen LogP contribution in [-0.4, -0.2) is 17.9 Å². The van der Waals surface area contributed by atoms with Crippen molar-refractivity contribution in [1.29, 1.82) is 0 Å². The highest BCUT2D eigenvalue weighted by Gasteiger charge is 2.39. The summed E-state index contributed by atoms with van der Waals surface area (Å²) in [6.07, 6.45) is 9.36. The summed E-state index contributed by atoms with van der Waals surface area (Å²) in [6, 6.07) is 7.55. The van der Waals surface area contributed by atoms with Crippen LogP contribution in [0.25, 0.3) is 0 Å². The Balaban J connectivity index is 1.57. The van der Waals surface area contributed by atoms with Crippen LogP contribution in [-0.2, 0) is 4.79 Å². The van der Waals surface area contributed by atoms with Crippen LogP contribution in [0.15, 0.2) is 24.3 Å². The quantitative estimate of drug-likeness (QED) is 0.873. The van der Waals surface area contributed by atoms with Gasteiger partial charge in [-0.2, -0.15) is 0 Å². The third-order valence-corrected chi connectivity index (χ3v) is 5.28. The lowest BCUT2D eigenvalue weighted by molar-refractivity contribution is -0.117. The van der Waals surface area contributed by atoms with E-state index in [1.807, 2.05) is 18.2 Å². The molecular formula is C20H28N2O2. The largest absolute Gasteiger partial charge is 0.349 e. The maximum atomic E-state index is 12.5. The minimum absolute atomic E-state index is 0.0311. The minimum Gasteiger partial charge on any atom is -0.349 e. The summed E-state index contributed by atoms with van der Waals surface area (Å²) in [7, 11) is 0. The van der Waals surface area contributed by atoms with Gasteiger partial charge in [0.2, 0.25) is 5.91 Å². The van der Waals surface area contributed by atoms with Crippen molar-refractivity contribution in [2.75, 3.05) is 5.32 Å². The highest BCUT2D eigenvalue weighted by molar-refractivity contribution is 5.98. The lowest BCUT2D eigenvalue weighted by Crippen LogP contribution is -2.35. The number of carbonyl (C=O) groups is 2. The average Bonchev–Trinajstić information content (AvgIpc) is 3.27. The molecule has 0 aromatic heterocycles. The Bertz CT molecular complexity index is 591. The molecule has 0 bridgehead atoms. The Kier molecular flexibility index (Phi) is 5.54. The van der Waals surface area contributed by atoms with E-state index in [4.69, 9.17) is 0 Å². The van der Waals surface area contributed by atoms with Gasteiger partial charge in [-0.25, -0.2) is 0 Å². The van der Waals surface area contributed by atoms with E-state index in [0.717, 1.165) is 19.3 Å². The zero-order valence-corrected chi connectivity index (χ0v) is 14.5. The Morgan fingerprint density at radius 3 is 2.38 bits per heavy atom. The average molecular weight is 328 g/mol. The summed E-state index contributed by atoms with van der Waals surface area (Å²) in [6.45, 7) is 2.09. The Labute approximate surface area is 144 Å². The highest BCUT2D eigenvalue weighted by atomic mass is 16.2. The van der Waals surface area contributed by atoms with Crippen molar-refractivity contribution in [3.8, 4) is 0 Å². The first-order valence-electron chi connectivity index (χ1n) is 9.35. The molecule has 0 radical (unpaired) electrons. The molecule has 0 unspecified atom stereocenters. The number of nitrogens with one attached hydrogen (secondary N) is 2. The summed E-state index contributed by atoms with van der Waals surface area (Å²) in [5, 5.41) is 6.11.